The van der Waals surface area contributed by atoms with Gasteiger partial charge in [-0.1, -0.05) is 45.5 Å². The zero-order chi connectivity index (χ0) is 23.9. The smallest absolute Gasteiger partial charge is 0.256 e. The monoisotopic (exact) mass is 460 g/mol. The van der Waals surface area contributed by atoms with Crippen LogP contribution in [-0.4, -0.2) is 37.9 Å². The number of nitrogens with one attached hydrogen (secondary N) is 1. The van der Waals surface area contributed by atoms with E-state index in [0.29, 0.717) is 23.2 Å². The number of benzene rings is 1. The van der Waals surface area contributed by atoms with Gasteiger partial charge >= 0.3 is 0 Å². The van der Waals surface area contributed by atoms with Crippen LogP contribution in [0.15, 0.2) is 51.8 Å². The molecule has 2 aromatic rings. The molecule has 0 saturated carbocycles. The van der Waals surface area contributed by atoms with E-state index in [1.807, 2.05) is 50.3 Å². The number of carbonyl (C=O) groups excluding carboxylic acids is 1. The molecule has 1 aromatic heterocycles. The summed E-state index contributed by atoms with van der Waals surface area (Å²) in [5.41, 5.74) is 2.76. The molecular formula is C25H36N2O4S. The van der Waals surface area contributed by atoms with E-state index in [1.165, 1.54) is 11.8 Å². The minimum Gasteiger partial charge on any atom is -0.501 e. The Bertz CT molecular complexity index is 880. The molecule has 0 fully saturated rings. The summed E-state index contributed by atoms with van der Waals surface area (Å²) >= 11 is 1.43. The minimum atomic E-state index is -0.00408. The first kappa shape index (κ1) is 27.4. The summed E-state index contributed by atoms with van der Waals surface area (Å²) in [6.07, 6.45) is 6.02. The number of amides is 1. The number of carbonyl (C=O) groups is 1. The molecule has 0 aliphatic carbocycles. The van der Waals surface area contributed by atoms with Crippen LogP contribution in [0.2, 0.25) is 0 Å². The lowest BCUT2D eigenvalue weighted by molar-refractivity contribution is -0.120. The van der Waals surface area contributed by atoms with Gasteiger partial charge in [-0.2, -0.15) is 0 Å². The minimum absolute atomic E-state index is 0.00408. The van der Waals surface area contributed by atoms with Crippen molar-refractivity contribution in [3.63, 3.8) is 0 Å². The summed E-state index contributed by atoms with van der Waals surface area (Å²) in [7, 11) is 4.95. The van der Waals surface area contributed by atoms with Crippen LogP contribution < -0.4 is 10.1 Å². The lowest BCUT2D eigenvalue weighted by Crippen LogP contribution is -2.17. The largest absolute Gasteiger partial charge is 0.501 e. The number of allylic oxidation sites excluding steroid dienone is 4. The van der Waals surface area contributed by atoms with E-state index in [1.54, 1.807) is 21.3 Å². The molecule has 0 aliphatic rings. The first-order valence-corrected chi connectivity index (χ1v) is 12.0. The zero-order valence-corrected chi connectivity index (χ0v) is 21.1. The Kier molecular flexibility index (Phi) is 13.0. The van der Waals surface area contributed by atoms with Crippen LogP contribution in [0.1, 0.15) is 52.7 Å². The molecule has 0 bridgehead atoms. The normalized spacial score (nSPS) is 11.5. The molecule has 1 N–H and O–H groups in total. The maximum absolute atomic E-state index is 11.5. The number of hydrogen-bond acceptors (Lipinski definition) is 6. The Morgan fingerprint density at radius 1 is 1.12 bits per heavy atom. The summed E-state index contributed by atoms with van der Waals surface area (Å²) in [5.74, 6) is 2.97. The third-order valence-electron chi connectivity index (χ3n) is 4.56. The van der Waals surface area contributed by atoms with Gasteiger partial charge < -0.3 is 19.2 Å². The lowest BCUT2D eigenvalue weighted by Gasteiger charge is -2.06. The fourth-order valence-electron chi connectivity index (χ4n) is 2.76. The number of hydrogen-bond donors (Lipinski definition) is 1. The number of oxazole rings is 1. The summed E-state index contributed by atoms with van der Waals surface area (Å²) in [6, 6.07) is 7.71. The second-order valence-electron chi connectivity index (χ2n) is 6.39. The van der Waals surface area contributed by atoms with Crippen LogP contribution in [0.4, 0.5) is 0 Å². The molecule has 0 spiro atoms. The Balaban J connectivity index is 0.00000249. The molecule has 1 aromatic carbocycles. The molecule has 0 radical (unpaired) electrons. The van der Waals surface area contributed by atoms with E-state index >= 15 is 0 Å². The molecule has 0 atom stereocenters. The zero-order valence-electron chi connectivity index (χ0n) is 20.3. The highest BCUT2D eigenvalue weighted by Crippen LogP contribution is 2.35. The van der Waals surface area contributed by atoms with Crippen LogP contribution in [0, 0.1) is 0 Å². The van der Waals surface area contributed by atoms with Crippen molar-refractivity contribution in [2.75, 3.05) is 27.0 Å². The van der Waals surface area contributed by atoms with Crippen molar-refractivity contribution >= 4 is 23.2 Å². The fraction of sp³-hybridized carbons (Fsp3) is 0.440. The number of methoxy groups -OCH3 is 2. The molecule has 176 valence electrons. The number of nitrogens with zero attached hydrogens (tertiary/aromatic N) is 1. The van der Waals surface area contributed by atoms with E-state index in [0.717, 1.165) is 41.2 Å². The Morgan fingerprint density at radius 2 is 1.81 bits per heavy atom. The van der Waals surface area contributed by atoms with E-state index in [-0.39, 0.29) is 5.91 Å². The average Bonchev–Trinajstić information content (AvgIpc) is 3.27. The molecule has 0 aliphatic heterocycles. The van der Waals surface area contributed by atoms with Gasteiger partial charge in [-0.05, 0) is 42.3 Å². The summed E-state index contributed by atoms with van der Waals surface area (Å²) in [5, 5.41) is 3.17. The predicted octanol–water partition coefficient (Wildman–Crippen LogP) is 6.34. The van der Waals surface area contributed by atoms with Crippen molar-refractivity contribution in [3.8, 4) is 17.1 Å². The number of rotatable bonds is 11. The summed E-state index contributed by atoms with van der Waals surface area (Å²) in [6.45, 7) is 8.14. The first-order chi connectivity index (χ1) is 15.6. The quantitative estimate of drug-likeness (QED) is 0.240. The van der Waals surface area contributed by atoms with Gasteiger partial charge in [0.2, 0.25) is 5.91 Å². The SMILES string of the molecule is CC.CC/C(=C\C=C(/CC)c1nc(SCCC(=O)NC)oc1-c1ccc(OC)cc1)OC. The van der Waals surface area contributed by atoms with Crippen LogP contribution in [0.25, 0.3) is 16.9 Å². The van der Waals surface area contributed by atoms with E-state index < -0.39 is 0 Å². The van der Waals surface area contributed by atoms with Gasteiger partial charge in [-0.3, -0.25) is 4.79 Å². The number of ether oxygens (including phenoxy) is 2. The predicted molar refractivity (Wildman–Crippen MR) is 133 cm³/mol. The van der Waals surface area contributed by atoms with Crippen LogP contribution in [-0.2, 0) is 9.53 Å². The van der Waals surface area contributed by atoms with Gasteiger partial charge in [0.25, 0.3) is 5.22 Å². The standard InChI is InChI=1S/C23H30N2O4S.C2H6/c1-6-16(8-11-18(7-2)27-4)21-22(17-9-12-19(28-5)13-10-17)29-23(25-21)30-15-14-20(26)24-3;1-2/h8-13H,6-7,14-15H2,1-5H3,(H,24,26);1-2H3/b16-8+,18-11+;. The number of aromatic nitrogens is 1. The van der Waals surface area contributed by atoms with Gasteiger partial charge in [0, 0.05) is 31.2 Å². The fourth-order valence-corrected chi connectivity index (χ4v) is 3.52. The van der Waals surface area contributed by atoms with Crippen molar-refractivity contribution < 1.29 is 18.7 Å². The van der Waals surface area contributed by atoms with E-state index in [2.05, 4.69) is 19.2 Å². The highest BCUT2D eigenvalue weighted by Gasteiger charge is 2.18. The third-order valence-corrected chi connectivity index (χ3v) is 5.39. The van der Waals surface area contributed by atoms with Crippen LogP contribution in [0.3, 0.4) is 0 Å². The van der Waals surface area contributed by atoms with Crippen LogP contribution >= 0.6 is 11.8 Å². The highest BCUT2D eigenvalue weighted by atomic mass is 32.2. The molecular weight excluding hydrogens is 424 g/mol. The summed E-state index contributed by atoms with van der Waals surface area (Å²) < 4.78 is 16.8. The van der Waals surface area contributed by atoms with Crippen molar-refractivity contribution in [1.29, 1.82) is 0 Å². The maximum atomic E-state index is 11.5. The van der Waals surface area contributed by atoms with E-state index in [9.17, 15) is 4.79 Å². The Labute approximate surface area is 196 Å². The average molecular weight is 461 g/mol. The van der Waals surface area contributed by atoms with Gasteiger partial charge in [0.05, 0.1) is 20.0 Å². The third kappa shape index (κ3) is 8.11. The summed E-state index contributed by atoms with van der Waals surface area (Å²) in [4.78, 5) is 16.2. The van der Waals surface area contributed by atoms with Gasteiger partial charge in [-0.25, -0.2) is 4.98 Å². The molecule has 0 unspecified atom stereocenters. The Morgan fingerprint density at radius 3 is 2.34 bits per heavy atom. The molecule has 2 rings (SSSR count). The van der Waals surface area contributed by atoms with Gasteiger partial charge in [-0.15, -0.1) is 0 Å². The van der Waals surface area contributed by atoms with E-state index in [4.69, 9.17) is 18.9 Å². The second-order valence-corrected chi connectivity index (χ2v) is 7.44. The topological polar surface area (TPSA) is 73.6 Å². The molecule has 1 heterocycles. The molecule has 0 saturated heterocycles. The first-order valence-electron chi connectivity index (χ1n) is 11.0. The van der Waals surface area contributed by atoms with Gasteiger partial charge in [0.15, 0.2) is 5.76 Å². The number of thioether (sulfide) groups is 1. The molecule has 32 heavy (non-hydrogen) atoms. The second kappa shape index (κ2) is 15.2. The lowest BCUT2D eigenvalue weighted by atomic mass is 10.0. The van der Waals surface area contributed by atoms with Gasteiger partial charge in [0.1, 0.15) is 11.4 Å². The van der Waals surface area contributed by atoms with Crippen molar-refractivity contribution in [1.82, 2.24) is 10.3 Å². The van der Waals surface area contributed by atoms with Crippen molar-refractivity contribution in [2.45, 2.75) is 52.2 Å². The van der Waals surface area contributed by atoms with Crippen molar-refractivity contribution in [3.05, 3.63) is 47.9 Å². The maximum Gasteiger partial charge on any atom is 0.256 e. The molecule has 1 amide bonds. The Hall–Kier alpha value is -2.67. The molecule has 6 nitrogen and oxygen atoms in total. The van der Waals surface area contributed by atoms with Crippen molar-refractivity contribution in [2.24, 2.45) is 0 Å². The van der Waals surface area contributed by atoms with Crippen LogP contribution in [0.5, 0.6) is 5.75 Å². The molecule has 7 heteroatoms. The highest BCUT2D eigenvalue weighted by molar-refractivity contribution is 7.99.